The molecule has 0 spiro atoms. The Morgan fingerprint density at radius 2 is 2.00 bits per heavy atom. The van der Waals surface area contributed by atoms with Gasteiger partial charge in [0.1, 0.15) is 6.10 Å². The fourth-order valence-corrected chi connectivity index (χ4v) is 2.05. The number of aliphatic hydroxyl groups is 1. The van der Waals surface area contributed by atoms with Crippen molar-refractivity contribution in [1.82, 2.24) is 10.3 Å². The van der Waals surface area contributed by atoms with Gasteiger partial charge < -0.3 is 20.3 Å². The van der Waals surface area contributed by atoms with Gasteiger partial charge in [0, 0.05) is 18.0 Å². The Balaban J connectivity index is 2.02. The van der Waals surface area contributed by atoms with Crippen molar-refractivity contribution in [3.05, 3.63) is 42.2 Å². The number of carbonyl (C=O) groups excluding carboxylic acids is 1. The van der Waals surface area contributed by atoms with Crippen molar-refractivity contribution in [2.45, 2.75) is 24.7 Å². The number of carbonyl (C=O) groups is 2. The molecule has 1 aromatic heterocycles. The maximum absolute atomic E-state index is 12.0. The van der Waals surface area contributed by atoms with Crippen molar-refractivity contribution in [2.75, 3.05) is 6.61 Å². The quantitative estimate of drug-likeness (QED) is 0.658. The summed E-state index contributed by atoms with van der Waals surface area (Å²) in [4.78, 5) is 26.5. The summed E-state index contributed by atoms with van der Waals surface area (Å²) in [6.07, 6.45) is 4.79. The van der Waals surface area contributed by atoms with E-state index in [-0.39, 0.29) is 18.9 Å². The molecule has 3 N–H and O–H groups in total. The zero-order chi connectivity index (χ0) is 15.2. The summed E-state index contributed by atoms with van der Waals surface area (Å²) in [5, 5.41) is 20.8. The van der Waals surface area contributed by atoms with E-state index in [0.717, 1.165) is 0 Å². The maximum Gasteiger partial charge on any atom is 0.306 e. The molecule has 21 heavy (non-hydrogen) atoms. The summed E-state index contributed by atoms with van der Waals surface area (Å²) in [6, 6.07) is 2.63. The van der Waals surface area contributed by atoms with Crippen LogP contribution in [-0.4, -0.2) is 51.9 Å². The summed E-state index contributed by atoms with van der Waals surface area (Å²) in [6.45, 7) is -0.318. The summed E-state index contributed by atoms with van der Waals surface area (Å²) in [7, 11) is 0. The van der Waals surface area contributed by atoms with Gasteiger partial charge in [0.2, 0.25) is 0 Å². The van der Waals surface area contributed by atoms with Crippen molar-refractivity contribution < 1.29 is 24.5 Å². The monoisotopic (exact) mass is 292 g/mol. The number of nitrogens with zero attached hydrogens (tertiary/aromatic N) is 1. The first-order valence-corrected chi connectivity index (χ1v) is 6.47. The smallest absolute Gasteiger partial charge is 0.306 e. The molecule has 0 radical (unpaired) electrons. The number of amides is 1. The molecule has 7 nitrogen and oxygen atoms in total. The van der Waals surface area contributed by atoms with Gasteiger partial charge in [-0.15, -0.1) is 0 Å². The number of hydrogen-bond donors (Lipinski definition) is 3. The van der Waals surface area contributed by atoms with Crippen molar-refractivity contribution in [3.63, 3.8) is 0 Å². The molecule has 1 aliphatic rings. The standard InChI is InChI=1S/C14H16N2O5/c17-8-12-11(2-1-10(21-12)7-13(18)19)16-14(20)9-3-5-15-6-4-9/h1-6,10-12,17H,7-8H2,(H,16,20)(H,18,19)/t10-,11+,12-/m0/s1. The third-order valence-corrected chi connectivity index (χ3v) is 3.08. The van der Waals surface area contributed by atoms with Crippen molar-refractivity contribution >= 4 is 11.9 Å². The second-order valence-corrected chi connectivity index (χ2v) is 4.61. The van der Waals surface area contributed by atoms with Crippen LogP contribution in [-0.2, 0) is 9.53 Å². The highest BCUT2D eigenvalue weighted by atomic mass is 16.5. The van der Waals surface area contributed by atoms with Gasteiger partial charge in [-0.05, 0) is 12.1 Å². The molecular formula is C14H16N2O5. The van der Waals surface area contributed by atoms with Crippen LogP contribution in [0.1, 0.15) is 16.8 Å². The molecular weight excluding hydrogens is 276 g/mol. The van der Waals surface area contributed by atoms with Crippen LogP contribution in [0.15, 0.2) is 36.7 Å². The van der Waals surface area contributed by atoms with Gasteiger partial charge in [0.15, 0.2) is 0 Å². The van der Waals surface area contributed by atoms with Gasteiger partial charge >= 0.3 is 5.97 Å². The number of aliphatic hydroxyl groups excluding tert-OH is 1. The molecule has 0 saturated carbocycles. The molecule has 3 atom stereocenters. The van der Waals surface area contributed by atoms with Crippen molar-refractivity contribution in [2.24, 2.45) is 0 Å². The van der Waals surface area contributed by atoms with Gasteiger partial charge in [0.05, 0.1) is 25.2 Å². The van der Waals surface area contributed by atoms with Crippen LogP contribution in [0.25, 0.3) is 0 Å². The first-order chi connectivity index (χ1) is 10.1. The summed E-state index contributed by atoms with van der Waals surface area (Å²) in [5.74, 6) is -1.30. The van der Waals surface area contributed by atoms with E-state index in [0.29, 0.717) is 5.56 Å². The lowest BCUT2D eigenvalue weighted by Gasteiger charge is -2.31. The predicted octanol–water partition coefficient (Wildman–Crippen LogP) is -0.0294. The third-order valence-electron chi connectivity index (χ3n) is 3.08. The van der Waals surface area contributed by atoms with E-state index in [2.05, 4.69) is 10.3 Å². The minimum atomic E-state index is -0.986. The first kappa shape index (κ1) is 15.1. The average molecular weight is 292 g/mol. The van der Waals surface area contributed by atoms with Crippen LogP contribution in [0.3, 0.4) is 0 Å². The van der Waals surface area contributed by atoms with E-state index in [1.807, 2.05) is 0 Å². The summed E-state index contributed by atoms with van der Waals surface area (Å²) in [5.41, 5.74) is 0.447. The fraction of sp³-hybridized carbons (Fsp3) is 0.357. The van der Waals surface area contributed by atoms with E-state index in [1.54, 1.807) is 24.3 Å². The van der Waals surface area contributed by atoms with E-state index in [9.17, 15) is 14.7 Å². The number of carboxylic acid groups (broad SMARTS) is 1. The normalized spacial score (nSPS) is 24.5. The largest absolute Gasteiger partial charge is 0.481 e. The SMILES string of the molecule is O=C(O)C[C@@H]1C=C[C@@H](NC(=O)c2ccncc2)[C@H](CO)O1. The summed E-state index contributed by atoms with van der Waals surface area (Å²) < 4.78 is 5.45. The molecule has 2 rings (SSSR count). The lowest BCUT2D eigenvalue weighted by molar-refractivity contribution is -0.141. The molecule has 2 heterocycles. The second-order valence-electron chi connectivity index (χ2n) is 4.61. The van der Waals surface area contributed by atoms with Gasteiger partial charge in [-0.3, -0.25) is 14.6 Å². The Bertz CT molecular complexity index is 531. The van der Waals surface area contributed by atoms with E-state index < -0.39 is 24.2 Å². The lowest BCUT2D eigenvalue weighted by Crippen LogP contribution is -2.48. The molecule has 7 heteroatoms. The van der Waals surface area contributed by atoms with Crippen LogP contribution in [0.4, 0.5) is 0 Å². The highest BCUT2D eigenvalue weighted by Gasteiger charge is 2.29. The van der Waals surface area contributed by atoms with Crippen LogP contribution in [0.5, 0.6) is 0 Å². The number of ether oxygens (including phenoxy) is 1. The Morgan fingerprint density at radius 3 is 2.62 bits per heavy atom. The Kier molecular flexibility index (Phi) is 5.02. The number of aliphatic carboxylic acids is 1. The molecule has 1 amide bonds. The minimum Gasteiger partial charge on any atom is -0.481 e. The number of nitrogens with one attached hydrogen (secondary N) is 1. The van der Waals surface area contributed by atoms with Crippen LogP contribution in [0, 0.1) is 0 Å². The molecule has 1 aromatic rings. The minimum absolute atomic E-state index is 0.183. The van der Waals surface area contributed by atoms with Crippen molar-refractivity contribution in [1.29, 1.82) is 0 Å². The van der Waals surface area contributed by atoms with Gasteiger partial charge in [0.25, 0.3) is 5.91 Å². The van der Waals surface area contributed by atoms with Gasteiger partial charge in [-0.25, -0.2) is 0 Å². The molecule has 112 valence electrons. The van der Waals surface area contributed by atoms with E-state index in [4.69, 9.17) is 9.84 Å². The number of hydrogen-bond acceptors (Lipinski definition) is 5. The number of aromatic nitrogens is 1. The zero-order valence-electron chi connectivity index (χ0n) is 11.2. The first-order valence-electron chi connectivity index (χ1n) is 6.47. The topological polar surface area (TPSA) is 109 Å². The van der Waals surface area contributed by atoms with Gasteiger partial charge in [-0.1, -0.05) is 12.2 Å². The predicted molar refractivity (Wildman–Crippen MR) is 72.6 cm³/mol. The van der Waals surface area contributed by atoms with Crippen LogP contribution in [0.2, 0.25) is 0 Å². The zero-order valence-corrected chi connectivity index (χ0v) is 11.2. The number of rotatable bonds is 5. The Labute approximate surface area is 121 Å². The summed E-state index contributed by atoms with van der Waals surface area (Å²) >= 11 is 0. The third kappa shape index (κ3) is 4.11. The van der Waals surface area contributed by atoms with Crippen molar-refractivity contribution in [3.8, 4) is 0 Å². The number of pyridine rings is 1. The number of carboxylic acids is 1. The molecule has 0 aliphatic carbocycles. The van der Waals surface area contributed by atoms with Crippen LogP contribution >= 0.6 is 0 Å². The Hall–Kier alpha value is -2.25. The molecule has 1 aliphatic heterocycles. The Morgan fingerprint density at radius 1 is 1.29 bits per heavy atom. The molecule has 0 aromatic carbocycles. The molecule has 0 saturated heterocycles. The second kappa shape index (κ2) is 6.96. The van der Waals surface area contributed by atoms with Gasteiger partial charge in [-0.2, -0.15) is 0 Å². The van der Waals surface area contributed by atoms with Crippen LogP contribution < -0.4 is 5.32 Å². The maximum atomic E-state index is 12.0. The molecule has 0 fully saturated rings. The van der Waals surface area contributed by atoms with E-state index in [1.165, 1.54) is 12.4 Å². The van der Waals surface area contributed by atoms with E-state index >= 15 is 0 Å². The highest BCUT2D eigenvalue weighted by Crippen LogP contribution is 2.16. The molecule has 0 bridgehead atoms. The molecule has 0 unspecified atom stereocenters. The average Bonchev–Trinajstić information content (AvgIpc) is 2.49. The fourth-order valence-electron chi connectivity index (χ4n) is 2.05. The lowest BCUT2D eigenvalue weighted by atomic mass is 10.0. The highest BCUT2D eigenvalue weighted by molar-refractivity contribution is 5.94.